The second-order valence-electron chi connectivity index (χ2n) is 14.0. The third-order valence-electron chi connectivity index (χ3n) is 9.84. The topological polar surface area (TPSA) is 115 Å². The Morgan fingerprint density at radius 3 is 1.16 bits per heavy atom. The lowest BCUT2D eigenvalue weighted by Gasteiger charge is -2.41. The monoisotopic (exact) mass is 638 g/mol. The molecule has 0 saturated heterocycles. The highest BCUT2D eigenvalue weighted by Crippen LogP contribution is 2.22. The lowest BCUT2D eigenvalue weighted by molar-refractivity contribution is -0.929. The van der Waals surface area contributed by atoms with Crippen molar-refractivity contribution in [1.82, 2.24) is 0 Å². The Morgan fingerprint density at radius 1 is 0.533 bits per heavy atom. The average molecular weight is 638 g/mol. The molecule has 45 heavy (non-hydrogen) atoms. The summed E-state index contributed by atoms with van der Waals surface area (Å²) >= 11 is 0. The van der Waals surface area contributed by atoms with Gasteiger partial charge in [-0.1, -0.05) is 129 Å². The molecule has 3 atom stereocenters. The fourth-order valence-electron chi connectivity index (χ4n) is 6.14. The standard InChI is InChI=1S/C38H71NO6/c1-5-6-7-8-9-10-11-12-13-14-15-16-17-18-19-20-21-22-23-24-25-29-39(30-26-33(2)36(40)41,31-27-34(3)37(42)43)32-28-35(4)38(44)45/h5-6,33-35H,7-32H2,1-4H3,(H2-,40,41,42,43,44,45)/b6-5+. The minimum Gasteiger partial charge on any atom is -0.550 e. The first-order chi connectivity index (χ1) is 21.5. The van der Waals surface area contributed by atoms with Crippen molar-refractivity contribution in [3.63, 3.8) is 0 Å². The summed E-state index contributed by atoms with van der Waals surface area (Å²) in [6, 6.07) is 0. The lowest BCUT2D eigenvalue weighted by Crippen LogP contribution is -2.52. The molecule has 0 aliphatic heterocycles. The van der Waals surface area contributed by atoms with Crippen LogP contribution >= 0.6 is 0 Å². The maximum Gasteiger partial charge on any atom is 0.306 e. The van der Waals surface area contributed by atoms with E-state index >= 15 is 0 Å². The van der Waals surface area contributed by atoms with Crippen LogP contribution in [-0.4, -0.2) is 58.8 Å². The Kier molecular flexibility index (Phi) is 27.2. The summed E-state index contributed by atoms with van der Waals surface area (Å²) in [5.74, 6) is -4.30. The van der Waals surface area contributed by atoms with Gasteiger partial charge in [-0.05, 0) is 32.6 Å². The lowest BCUT2D eigenvalue weighted by atomic mass is 10.0. The number of quaternary nitrogens is 1. The molecule has 3 unspecified atom stereocenters. The second-order valence-corrected chi connectivity index (χ2v) is 14.0. The predicted molar refractivity (Wildman–Crippen MR) is 184 cm³/mol. The van der Waals surface area contributed by atoms with E-state index in [4.69, 9.17) is 0 Å². The molecule has 2 N–H and O–H groups in total. The molecule has 0 aromatic carbocycles. The van der Waals surface area contributed by atoms with Crippen molar-refractivity contribution >= 4 is 17.9 Å². The fourth-order valence-corrected chi connectivity index (χ4v) is 6.14. The normalized spacial score (nSPS) is 15.1. The molecule has 0 rings (SSSR count). The summed E-state index contributed by atoms with van der Waals surface area (Å²) in [5, 5.41) is 30.3. The summed E-state index contributed by atoms with van der Waals surface area (Å²) in [4.78, 5) is 34.4. The number of carboxylic acid groups (broad SMARTS) is 3. The van der Waals surface area contributed by atoms with E-state index in [0.29, 0.717) is 43.4 Å². The highest BCUT2D eigenvalue weighted by Gasteiger charge is 2.30. The van der Waals surface area contributed by atoms with Gasteiger partial charge in [0.25, 0.3) is 0 Å². The maximum absolute atomic E-state index is 11.5. The van der Waals surface area contributed by atoms with Gasteiger partial charge in [0.2, 0.25) is 0 Å². The number of rotatable bonds is 33. The molecule has 0 amide bonds. The van der Waals surface area contributed by atoms with Crippen LogP contribution in [0.2, 0.25) is 0 Å². The number of carboxylic acids is 3. The van der Waals surface area contributed by atoms with E-state index in [-0.39, 0.29) is 0 Å². The number of carbonyl (C=O) groups is 3. The molecule has 7 nitrogen and oxygen atoms in total. The van der Waals surface area contributed by atoms with Gasteiger partial charge in [0.05, 0.1) is 38.0 Å². The molecule has 0 heterocycles. The molecule has 0 radical (unpaired) electrons. The van der Waals surface area contributed by atoms with E-state index in [1.165, 1.54) is 109 Å². The zero-order valence-corrected chi connectivity index (χ0v) is 29.7. The summed E-state index contributed by atoms with van der Waals surface area (Å²) in [5.41, 5.74) is 0. The largest absolute Gasteiger partial charge is 0.550 e. The molecule has 0 spiro atoms. The van der Waals surface area contributed by atoms with Gasteiger partial charge in [0.1, 0.15) is 0 Å². The van der Waals surface area contributed by atoms with Crippen LogP contribution < -0.4 is 5.11 Å². The number of allylic oxidation sites excluding steroid dienone is 2. The molecule has 264 valence electrons. The van der Waals surface area contributed by atoms with E-state index in [2.05, 4.69) is 19.1 Å². The number of unbranched alkanes of at least 4 members (excludes halogenated alkanes) is 18. The van der Waals surface area contributed by atoms with E-state index in [9.17, 15) is 29.7 Å². The van der Waals surface area contributed by atoms with Gasteiger partial charge in [0, 0.05) is 31.1 Å². The van der Waals surface area contributed by atoms with Gasteiger partial charge < -0.3 is 24.6 Å². The molecule has 0 aliphatic carbocycles. The maximum atomic E-state index is 11.5. The Labute approximate surface area is 276 Å². The van der Waals surface area contributed by atoms with Crippen LogP contribution in [0.15, 0.2) is 12.2 Å². The Balaban J connectivity index is 4.30. The van der Waals surface area contributed by atoms with Crippen LogP contribution in [0, 0.1) is 17.8 Å². The molecule has 0 aromatic heterocycles. The van der Waals surface area contributed by atoms with Crippen LogP contribution in [-0.2, 0) is 14.4 Å². The summed E-state index contributed by atoms with van der Waals surface area (Å²) in [6.07, 6.45) is 30.6. The molecule has 0 bridgehead atoms. The van der Waals surface area contributed by atoms with E-state index < -0.39 is 35.7 Å². The van der Waals surface area contributed by atoms with Gasteiger partial charge in [-0.15, -0.1) is 0 Å². The van der Waals surface area contributed by atoms with Crippen molar-refractivity contribution in [2.75, 3.05) is 26.2 Å². The van der Waals surface area contributed by atoms with Crippen molar-refractivity contribution in [3.05, 3.63) is 12.2 Å². The first kappa shape index (κ1) is 43.1. The van der Waals surface area contributed by atoms with Gasteiger partial charge in [-0.2, -0.15) is 0 Å². The van der Waals surface area contributed by atoms with Crippen molar-refractivity contribution in [2.45, 2.75) is 169 Å². The summed E-state index contributed by atoms with van der Waals surface area (Å²) in [7, 11) is 0. The number of nitrogens with zero attached hydrogens (tertiary/aromatic N) is 1. The Bertz CT molecular complexity index is 722. The zero-order valence-electron chi connectivity index (χ0n) is 29.7. The smallest absolute Gasteiger partial charge is 0.306 e. The van der Waals surface area contributed by atoms with E-state index in [1.807, 2.05) is 0 Å². The average Bonchev–Trinajstić information content (AvgIpc) is 3.01. The third-order valence-corrected chi connectivity index (χ3v) is 9.84. The molecule has 0 fully saturated rings. The molecule has 0 aromatic rings. The van der Waals surface area contributed by atoms with E-state index in [0.717, 1.165) is 19.4 Å². The van der Waals surface area contributed by atoms with Crippen LogP contribution in [0.5, 0.6) is 0 Å². The molecule has 0 saturated carbocycles. The molecular formula is C38H71NO6. The van der Waals surface area contributed by atoms with Crippen LogP contribution in [0.4, 0.5) is 0 Å². The van der Waals surface area contributed by atoms with Gasteiger partial charge >= 0.3 is 11.9 Å². The number of aliphatic carboxylic acids is 3. The van der Waals surface area contributed by atoms with Crippen molar-refractivity contribution in [1.29, 1.82) is 0 Å². The number of hydrogen-bond acceptors (Lipinski definition) is 4. The minimum atomic E-state index is -1.07. The SMILES string of the molecule is C/C=C/CCCCCCCCCCCCCCCCCCCC[N+](CCC(C)C(=O)[O-])(CCC(C)C(=O)O)CCC(C)C(=O)O. The van der Waals surface area contributed by atoms with Gasteiger partial charge in [0.15, 0.2) is 0 Å². The van der Waals surface area contributed by atoms with Crippen molar-refractivity contribution in [3.8, 4) is 0 Å². The summed E-state index contributed by atoms with van der Waals surface area (Å²) < 4.78 is 0.587. The highest BCUT2D eigenvalue weighted by atomic mass is 16.4. The second kappa shape index (κ2) is 28.3. The number of hydrogen-bond donors (Lipinski definition) is 2. The van der Waals surface area contributed by atoms with Crippen LogP contribution in [0.25, 0.3) is 0 Å². The molecule has 0 aliphatic rings. The third kappa shape index (κ3) is 24.9. The van der Waals surface area contributed by atoms with Crippen molar-refractivity contribution in [2.24, 2.45) is 17.8 Å². The molecular weight excluding hydrogens is 566 g/mol. The van der Waals surface area contributed by atoms with Crippen LogP contribution in [0.1, 0.15) is 169 Å². The number of carbonyl (C=O) groups excluding carboxylic acids is 1. The predicted octanol–water partition coefficient (Wildman–Crippen LogP) is 8.79. The van der Waals surface area contributed by atoms with Gasteiger partial charge in [-0.3, -0.25) is 9.59 Å². The quantitative estimate of drug-likeness (QED) is 0.0422. The molecule has 7 heteroatoms. The van der Waals surface area contributed by atoms with Crippen LogP contribution in [0.3, 0.4) is 0 Å². The highest BCUT2D eigenvalue weighted by molar-refractivity contribution is 5.69. The Hall–Kier alpha value is -1.89. The zero-order chi connectivity index (χ0) is 33.8. The fraction of sp³-hybridized carbons (Fsp3) is 0.868. The van der Waals surface area contributed by atoms with E-state index in [1.54, 1.807) is 20.8 Å². The first-order valence-corrected chi connectivity index (χ1v) is 18.7. The first-order valence-electron chi connectivity index (χ1n) is 18.7. The summed E-state index contributed by atoms with van der Waals surface area (Å²) in [6.45, 7) is 9.84. The van der Waals surface area contributed by atoms with Gasteiger partial charge in [-0.25, -0.2) is 0 Å². The Morgan fingerprint density at radius 2 is 0.844 bits per heavy atom. The minimum absolute atomic E-state index is 0.447. The van der Waals surface area contributed by atoms with Crippen molar-refractivity contribution < 1.29 is 34.2 Å².